The minimum absolute atomic E-state index is 0.129. The molecule has 0 saturated heterocycles. The molecule has 2 rings (SSSR count). The van der Waals surface area contributed by atoms with E-state index >= 15 is 0 Å². The van der Waals surface area contributed by atoms with Crippen LogP contribution in [-0.4, -0.2) is 10.9 Å². The van der Waals surface area contributed by atoms with Crippen LogP contribution in [0.4, 0.5) is 13.2 Å². The van der Waals surface area contributed by atoms with E-state index in [0.717, 1.165) is 33.8 Å². The molecular formula is C17H16ClF3N2OS. The van der Waals surface area contributed by atoms with Gasteiger partial charge in [-0.15, -0.1) is 11.3 Å². The number of halogens is 4. The van der Waals surface area contributed by atoms with Gasteiger partial charge in [-0.3, -0.25) is 4.79 Å². The fraction of sp³-hybridized carbons (Fsp3) is 0.294. The Labute approximate surface area is 152 Å². The average Bonchev–Trinajstić information content (AvgIpc) is 2.84. The monoisotopic (exact) mass is 388 g/mol. The van der Waals surface area contributed by atoms with Crippen molar-refractivity contribution in [2.45, 2.75) is 33.0 Å². The molecule has 0 spiro atoms. The molecule has 0 bridgehead atoms. The summed E-state index contributed by atoms with van der Waals surface area (Å²) in [5, 5.41) is 3.80. The number of hydrogen-bond donors (Lipinski definition) is 1. The molecule has 0 aliphatic carbocycles. The molecule has 8 heteroatoms. The molecule has 0 radical (unpaired) electrons. The lowest BCUT2D eigenvalue weighted by atomic mass is 10.1. The molecule has 3 nitrogen and oxygen atoms in total. The van der Waals surface area contributed by atoms with Crippen LogP contribution < -0.4 is 5.32 Å². The molecule has 1 atom stereocenters. The molecule has 134 valence electrons. The van der Waals surface area contributed by atoms with Crippen LogP contribution in [0.15, 0.2) is 24.3 Å². The van der Waals surface area contributed by atoms with E-state index in [2.05, 4.69) is 10.3 Å². The van der Waals surface area contributed by atoms with Gasteiger partial charge in [-0.25, -0.2) is 4.98 Å². The Morgan fingerprint density at radius 3 is 2.60 bits per heavy atom. The second-order valence-electron chi connectivity index (χ2n) is 5.48. The highest BCUT2D eigenvalue weighted by molar-refractivity contribution is 7.11. The van der Waals surface area contributed by atoms with Crippen molar-refractivity contribution in [3.8, 4) is 0 Å². The van der Waals surface area contributed by atoms with E-state index in [-0.39, 0.29) is 16.6 Å². The first-order valence-electron chi connectivity index (χ1n) is 7.37. The Hall–Kier alpha value is -1.86. The maximum Gasteiger partial charge on any atom is 0.416 e. The average molecular weight is 389 g/mol. The Kier molecular flexibility index (Phi) is 5.90. The highest BCUT2D eigenvalue weighted by Crippen LogP contribution is 2.32. The minimum atomic E-state index is -4.47. The number of carbonyl (C=O) groups is 1. The van der Waals surface area contributed by atoms with Crippen LogP contribution in [0.3, 0.4) is 0 Å². The number of nitrogens with one attached hydrogen (secondary N) is 1. The number of thiazole rings is 1. The number of amides is 1. The summed E-state index contributed by atoms with van der Waals surface area (Å²) in [5.74, 6) is -0.425. The molecule has 0 aliphatic rings. The summed E-state index contributed by atoms with van der Waals surface area (Å²) in [7, 11) is 0. The van der Waals surface area contributed by atoms with Crippen molar-refractivity contribution in [2.75, 3.05) is 0 Å². The molecule has 0 saturated carbocycles. The summed E-state index contributed by atoms with van der Waals surface area (Å²) < 4.78 is 38.2. The van der Waals surface area contributed by atoms with Crippen molar-refractivity contribution in [3.63, 3.8) is 0 Å². The lowest BCUT2D eigenvalue weighted by Gasteiger charge is -2.11. The third-order valence-electron chi connectivity index (χ3n) is 3.43. The zero-order chi connectivity index (χ0) is 18.8. The van der Waals surface area contributed by atoms with E-state index in [1.807, 2.05) is 20.8 Å². The lowest BCUT2D eigenvalue weighted by Crippen LogP contribution is -2.24. The molecule has 0 aliphatic heterocycles. The molecule has 25 heavy (non-hydrogen) atoms. The van der Waals surface area contributed by atoms with Crippen LogP contribution in [0.1, 0.15) is 39.7 Å². The quantitative estimate of drug-likeness (QED) is 0.720. The molecule has 1 heterocycles. The van der Waals surface area contributed by atoms with E-state index in [4.69, 9.17) is 11.6 Å². The SMILES string of the molecule is Cc1nc(C)c(C(C)NC(=O)/C=C/c2cc(C(F)(F)F)ccc2Cl)s1. The first kappa shape index (κ1) is 19.5. The summed E-state index contributed by atoms with van der Waals surface area (Å²) >= 11 is 7.39. The van der Waals surface area contributed by atoms with Gasteiger partial charge in [0.25, 0.3) is 0 Å². The minimum Gasteiger partial charge on any atom is -0.345 e. The number of aromatic nitrogens is 1. The third-order valence-corrected chi connectivity index (χ3v) is 5.03. The predicted octanol–water partition coefficient (Wildman–Crippen LogP) is 5.32. The van der Waals surface area contributed by atoms with Crippen molar-refractivity contribution in [3.05, 3.63) is 56.0 Å². The summed E-state index contributed by atoms with van der Waals surface area (Å²) in [6.45, 7) is 5.56. The van der Waals surface area contributed by atoms with E-state index in [9.17, 15) is 18.0 Å². The normalized spacial score (nSPS) is 13.2. The van der Waals surface area contributed by atoms with Crippen LogP contribution in [-0.2, 0) is 11.0 Å². The maximum atomic E-state index is 12.7. The number of aryl methyl sites for hydroxylation is 2. The zero-order valence-corrected chi connectivity index (χ0v) is 15.3. The topological polar surface area (TPSA) is 42.0 Å². The summed E-state index contributed by atoms with van der Waals surface area (Å²) in [5.41, 5.74) is 0.158. The number of rotatable bonds is 4. The van der Waals surface area contributed by atoms with Gasteiger partial charge >= 0.3 is 6.18 Å². The smallest absolute Gasteiger partial charge is 0.345 e. The molecule has 0 fully saturated rings. The van der Waals surface area contributed by atoms with Gasteiger partial charge in [0.1, 0.15) is 0 Å². The van der Waals surface area contributed by atoms with Crippen LogP contribution >= 0.6 is 22.9 Å². The van der Waals surface area contributed by atoms with Crippen LogP contribution in [0, 0.1) is 13.8 Å². The Bertz CT molecular complexity index is 815. The highest BCUT2D eigenvalue weighted by Gasteiger charge is 2.30. The summed E-state index contributed by atoms with van der Waals surface area (Å²) in [4.78, 5) is 17.3. The Morgan fingerprint density at radius 2 is 2.04 bits per heavy atom. The Balaban J connectivity index is 2.11. The second kappa shape index (κ2) is 7.58. The van der Waals surface area contributed by atoms with Crippen LogP contribution in [0.25, 0.3) is 6.08 Å². The molecule has 1 unspecified atom stereocenters. The number of benzene rings is 1. The van der Waals surface area contributed by atoms with Crippen LogP contribution in [0.5, 0.6) is 0 Å². The van der Waals surface area contributed by atoms with Gasteiger partial charge in [-0.1, -0.05) is 11.6 Å². The van der Waals surface area contributed by atoms with Gasteiger partial charge in [-0.2, -0.15) is 13.2 Å². The van der Waals surface area contributed by atoms with Crippen molar-refractivity contribution < 1.29 is 18.0 Å². The standard InChI is InChI=1S/C17H16ClF3N2OS/c1-9-16(25-11(3)22-9)10(2)23-15(24)7-4-12-8-13(17(19,20)21)5-6-14(12)18/h4-8,10H,1-3H3,(H,23,24)/b7-4+. The molecular weight excluding hydrogens is 373 g/mol. The zero-order valence-electron chi connectivity index (χ0n) is 13.7. The summed E-state index contributed by atoms with van der Waals surface area (Å²) in [6, 6.07) is 2.72. The highest BCUT2D eigenvalue weighted by atomic mass is 35.5. The van der Waals surface area contributed by atoms with Gasteiger partial charge in [0.05, 0.1) is 22.3 Å². The fourth-order valence-electron chi connectivity index (χ4n) is 2.29. The van der Waals surface area contributed by atoms with Crippen molar-refractivity contribution >= 4 is 34.9 Å². The van der Waals surface area contributed by atoms with Gasteiger partial charge in [0.2, 0.25) is 5.91 Å². The second-order valence-corrected chi connectivity index (χ2v) is 7.12. The lowest BCUT2D eigenvalue weighted by molar-refractivity contribution is -0.137. The third kappa shape index (κ3) is 5.06. The Morgan fingerprint density at radius 1 is 1.36 bits per heavy atom. The number of carbonyl (C=O) groups excluding carboxylic acids is 1. The van der Waals surface area contributed by atoms with Crippen molar-refractivity contribution in [1.29, 1.82) is 0 Å². The largest absolute Gasteiger partial charge is 0.416 e. The summed E-state index contributed by atoms with van der Waals surface area (Å²) in [6.07, 6.45) is -2.03. The van der Waals surface area contributed by atoms with Gasteiger partial charge in [0.15, 0.2) is 0 Å². The molecule has 1 aromatic heterocycles. The number of nitrogens with zero attached hydrogens (tertiary/aromatic N) is 1. The predicted molar refractivity (Wildman–Crippen MR) is 93.6 cm³/mol. The number of alkyl halides is 3. The van der Waals surface area contributed by atoms with Gasteiger partial charge < -0.3 is 5.32 Å². The van der Waals surface area contributed by atoms with Crippen molar-refractivity contribution in [2.24, 2.45) is 0 Å². The van der Waals surface area contributed by atoms with E-state index < -0.39 is 17.6 Å². The number of hydrogen-bond acceptors (Lipinski definition) is 3. The first-order chi connectivity index (χ1) is 11.6. The maximum absolute atomic E-state index is 12.7. The van der Waals surface area contributed by atoms with Gasteiger partial charge in [0, 0.05) is 16.0 Å². The molecule has 1 amide bonds. The fourth-order valence-corrected chi connectivity index (χ4v) is 3.40. The van der Waals surface area contributed by atoms with Crippen LogP contribution in [0.2, 0.25) is 5.02 Å². The van der Waals surface area contributed by atoms with E-state index in [1.165, 1.54) is 23.5 Å². The van der Waals surface area contributed by atoms with E-state index in [0.29, 0.717) is 0 Å². The van der Waals surface area contributed by atoms with Crippen molar-refractivity contribution in [1.82, 2.24) is 10.3 Å². The molecule has 1 N–H and O–H groups in total. The molecule has 1 aromatic carbocycles. The first-order valence-corrected chi connectivity index (χ1v) is 8.56. The molecule has 2 aromatic rings. The van der Waals surface area contributed by atoms with E-state index in [1.54, 1.807) is 0 Å². The van der Waals surface area contributed by atoms with Gasteiger partial charge in [-0.05, 0) is 50.6 Å².